The lowest BCUT2D eigenvalue weighted by molar-refractivity contribution is 0.0954. The fraction of sp³-hybridized carbons (Fsp3) is 0.529. The summed E-state index contributed by atoms with van der Waals surface area (Å²) in [5, 5.41) is 9.52. The van der Waals surface area contributed by atoms with Crippen LogP contribution in [0, 0.1) is 12.8 Å². The van der Waals surface area contributed by atoms with Crippen LogP contribution in [-0.4, -0.2) is 37.5 Å². The quantitative estimate of drug-likeness (QED) is 0.281. The van der Waals surface area contributed by atoms with E-state index in [4.69, 9.17) is 0 Å². The van der Waals surface area contributed by atoms with Crippen molar-refractivity contribution >= 4 is 35.8 Å². The molecule has 1 fully saturated rings. The van der Waals surface area contributed by atoms with E-state index in [0.29, 0.717) is 24.7 Å². The van der Waals surface area contributed by atoms with Gasteiger partial charge in [-0.25, -0.2) is 0 Å². The minimum absolute atomic E-state index is 0. The second kappa shape index (κ2) is 9.75. The van der Waals surface area contributed by atoms with Gasteiger partial charge in [-0.15, -0.1) is 24.0 Å². The molecule has 0 saturated heterocycles. The maximum atomic E-state index is 12.0. The minimum Gasteiger partial charge on any atom is -0.357 e. The number of halogens is 1. The first-order chi connectivity index (χ1) is 10.6. The van der Waals surface area contributed by atoms with Gasteiger partial charge in [-0.1, -0.05) is 24.6 Å². The van der Waals surface area contributed by atoms with Gasteiger partial charge in [-0.2, -0.15) is 0 Å². The Morgan fingerprint density at radius 3 is 2.70 bits per heavy atom. The zero-order valence-electron chi connectivity index (χ0n) is 14.1. The molecule has 2 atom stereocenters. The highest BCUT2D eigenvalue weighted by molar-refractivity contribution is 14.0. The number of rotatable bonds is 6. The third-order valence-electron chi connectivity index (χ3n) is 3.72. The zero-order valence-corrected chi connectivity index (χ0v) is 16.4. The summed E-state index contributed by atoms with van der Waals surface area (Å²) in [4.78, 5) is 16.5. The van der Waals surface area contributed by atoms with Gasteiger partial charge in [0.25, 0.3) is 5.91 Å². The van der Waals surface area contributed by atoms with Gasteiger partial charge in [0, 0.05) is 24.7 Å². The van der Waals surface area contributed by atoms with Crippen molar-refractivity contribution in [1.29, 1.82) is 0 Å². The molecule has 1 amide bonds. The highest BCUT2D eigenvalue weighted by atomic mass is 127. The van der Waals surface area contributed by atoms with E-state index < -0.39 is 0 Å². The van der Waals surface area contributed by atoms with Crippen LogP contribution in [0.4, 0.5) is 0 Å². The number of benzene rings is 1. The molecular formula is C17H27IN4O. The summed E-state index contributed by atoms with van der Waals surface area (Å²) < 4.78 is 0. The van der Waals surface area contributed by atoms with E-state index >= 15 is 0 Å². The predicted octanol–water partition coefficient (Wildman–Crippen LogP) is 2.31. The van der Waals surface area contributed by atoms with Crippen molar-refractivity contribution in [3.63, 3.8) is 0 Å². The van der Waals surface area contributed by atoms with Gasteiger partial charge in [0.2, 0.25) is 0 Å². The molecule has 1 aromatic carbocycles. The van der Waals surface area contributed by atoms with E-state index in [-0.39, 0.29) is 29.9 Å². The molecule has 0 aromatic heterocycles. The van der Waals surface area contributed by atoms with Crippen LogP contribution in [0.3, 0.4) is 0 Å². The summed E-state index contributed by atoms with van der Waals surface area (Å²) in [6.45, 7) is 8.19. The minimum atomic E-state index is -0.0484. The molecule has 0 spiro atoms. The summed E-state index contributed by atoms with van der Waals surface area (Å²) in [7, 11) is 0. The summed E-state index contributed by atoms with van der Waals surface area (Å²) in [5.41, 5.74) is 1.78. The Labute approximate surface area is 155 Å². The standard InChI is InChI=1S/C17H26N4O.HI/c1-4-18-17(21-15-11-13(15)3)20-9-8-19-16(22)14-7-5-6-12(2)10-14;/h5-7,10,13,15H,4,8-9,11H2,1-3H3,(H,19,22)(H2,18,20,21);1H. The monoisotopic (exact) mass is 430 g/mol. The highest BCUT2D eigenvalue weighted by Gasteiger charge is 2.33. The summed E-state index contributed by atoms with van der Waals surface area (Å²) in [6, 6.07) is 8.13. The largest absolute Gasteiger partial charge is 0.357 e. The molecule has 3 N–H and O–H groups in total. The van der Waals surface area contributed by atoms with Crippen molar-refractivity contribution in [2.75, 3.05) is 19.6 Å². The number of aryl methyl sites for hydroxylation is 1. The molecule has 0 aliphatic heterocycles. The van der Waals surface area contributed by atoms with Gasteiger partial charge in [-0.3, -0.25) is 9.79 Å². The first kappa shape index (κ1) is 19.7. The fourth-order valence-electron chi connectivity index (χ4n) is 2.24. The molecule has 2 unspecified atom stereocenters. The SMILES string of the molecule is CCNC(=NCCNC(=O)c1cccc(C)c1)NC1CC1C.I. The lowest BCUT2D eigenvalue weighted by atomic mass is 10.1. The molecular weight excluding hydrogens is 403 g/mol. The van der Waals surface area contributed by atoms with Gasteiger partial charge in [0.15, 0.2) is 5.96 Å². The first-order valence-corrected chi connectivity index (χ1v) is 8.00. The molecule has 0 radical (unpaired) electrons. The molecule has 0 heterocycles. The number of guanidine groups is 1. The Morgan fingerprint density at radius 2 is 2.09 bits per heavy atom. The van der Waals surface area contributed by atoms with Gasteiger partial charge < -0.3 is 16.0 Å². The Bertz CT molecular complexity index is 547. The molecule has 0 bridgehead atoms. The third-order valence-corrected chi connectivity index (χ3v) is 3.72. The van der Waals surface area contributed by atoms with E-state index in [0.717, 1.165) is 24.0 Å². The third kappa shape index (κ3) is 6.76. The molecule has 5 nitrogen and oxygen atoms in total. The topological polar surface area (TPSA) is 65.5 Å². The average Bonchev–Trinajstić information content (AvgIpc) is 3.18. The van der Waals surface area contributed by atoms with Gasteiger partial charge in [0.05, 0.1) is 6.54 Å². The Hall–Kier alpha value is -1.31. The van der Waals surface area contributed by atoms with Crippen molar-refractivity contribution < 1.29 is 4.79 Å². The van der Waals surface area contributed by atoms with E-state index in [1.165, 1.54) is 6.42 Å². The fourth-order valence-corrected chi connectivity index (χ4v) is 2.24. The van der Waals surface area contributed by atoms with Crippen LogP contribution in [-0.2, 0) is 0 Å². The maximum absolute atomic E-state index is 12.0. The van der Waals surface area contributed by atoms with Crippen LogP contribution in [0.25, 0.3) is 0 Å². The average molecular weight is 430 g/mol. The zero-order chi connectivity index (χ0) is 15.9. The van der Waals surface area contributed by atoms with Crippen molar-refractivity contribution in [3.05, 3.63) is 35.4 Å². The molecule has 6 heteroatoms. The number of hydrogen-bond acceptors (Lipinski definition) is 2. The lowest BCUT2D eigenvalue weighted by Crippen LogP contribution is -2.39. The molecule has 128 valence electrons. The number of carbonyl (C=O) groups excluding carboxylic acids is 1. The summed E-state index contributed by atoms with van der Waals surface area (Å²) in [5.74, 6) is 1.51. The van der Waals surface area contributed by atoms with Gasteiger partial charge >= 0.3 is 0 Å². The first-order valence-electron chi connectivity index (χ1n) is 8.00. The molecule has 2 rings (SSSR count). The summed E-state index contributed by atoms with van der Waals surface area (Å²) >= 11 is 0. The van der Waals surface area contributed by atoms with Crippen LogP contribution in [0.15, 0.2) is 29.3 Å². The highest BCUT2D eigenvalue weighted by Crippen LogP contribution is 2.28. The number of carbonyl (C=O) groups is 1. The number of nitrogens with zero attached hydrogens (tertiary/aromatic N) is 1. The second-order valence-electron chi connectivity index (χ2n) is 5.85. The van der Waals surface area contributed by atoms with E-state index in [1.54, 1.807) is 0 Å². The molecule has 1 saturated carbocycles. The van der Waals surface area contributed by atoms with Crippen LogP contribution >= 0.6 is 24.0 Å². The van der Waals surface area contributed by atoms with Crippen LogP contribution in [0.5, 0.6) is 0 Å². The molecule has 1 aliphatic rings. The molecule has 1 aromatic rings. The van der Waals surface area contributed by atoms with Crippen LogP contribution < -0.4 is 16.0 Å². The van der Waals surface area contributed by atoms with E-state index in [9.17, 15) is 4.79 Å². The molecule has 23 heavy (non-hydrogen) atoms. The van der Waals surface area contributed by atoms with Crippen LogP contribution in [0.1, 0.15) is 36.2 Å². The van der Waals surface area contributed by atoms with Crippen molar-refractivity contribution in [3.8, 4) is 0 Å². The Kier molecular flexibility index (Phi) is 8.36. The Balaban J connectivity index is 0.00000264. The normalized spacial score (nSPS) is 19.5. The van der Waals surface area contributed by atoms with Gasteiger partial charge in [0.1, 0.15) is 0 Å². The Morgan fingerprint density at radius 1 is 1.35 bits per heavy atom. The van der Waals surface area contributed by atoms with Gasteiger partial charge in [-0.05, 0) is 38.3 Å². The van der Waals surface area contributed by atoms with Crippen molar-refractivity contribution in [1.82, 2.24) is 16.0 Å². The van der Waals surface area contributed by atoms with E-state index in [2.05, 4.69) is 27.9 Å². The number of hydrogen-bond donors (Lipinski definition) is 3. The van der Waals surface area contributed by atoms with Crippen molar-refractivity contribution in [2.45, 2.75) is 33.2 Å². The number of nitrogens with one attached hydrogen (secondary N) is 3. The second-order valence-corrected chi connectivity index (χ2v) is 5.85. The lowest BCUT2D eigenvalue weighted by Gasteiger charge is -2.11. The van der Waals surface area contributed by atoms with Crippen LogP contribution in [0.2, 0.25) is 0 Å². The van der Waals surface area contributed by atoms with E-state index in [1.807, 2.05) is 38.1 Å². The maximum Gasteiger partial charge on any atom is 0.251 e. The predicted molar refractivity (Wildman–Crippen MR) is 106 cm³/mol. The smallest absolute Gasteiger partial charge is 0.251 e. The molecule has 1 aliphatic carbocycles. The number of aliphatic imine (C=N–C) groups is 1. The summed E-state index contributed by atoms with van der Waals surface area (Å²) in [6.07, 6.45) is 1.20. The van der Waals surface area contributed by atoms with Crippen molar-refractivity contribution in [2.24, 2.45) is 10.9 Å². The number of amides is 1.